The van der Waals surface area contributed by atoms with Crippen LogP contribution in [-0.4, -0.2) is 36.0 Å². The molecule has 2 amide bonds. The Morgan fingerprint density at radius 1 is 1.10 bits per heavy atom. The van der Waals surface area contributed by atoms with Crippen molar-refractivity contribution in [3.05, 3.63) is 66.2 Å². The van der Waals surface area contributed by atoms with Crippen LogP contribution in [0.2, 0.25) is 0 Å². The van der Waals surface area contributed by atoms with Gasteiger partial charge in [-0.05, 0) is 43.4 Å². The minimum atomic E-state index is -0.279. The lowest BCUT2D eigenvalue weighted by molar-refractivity contribution is -0.119. The lowest BCUT2D eigenvalue weighted by Gasteiger charge is -2.40. The number of para-hydroxylation sites is 1. The molecule has 1 heterocycles. The zero-order chi connectivity index (χ0) is 20.6. The summed E-state index contributed by atoms with van der Waals surface area (Å²) in [4.78, 5) is 29.0. The SMILES string of the molecule is CCC(=O)N(c1ccccc1)[C@@H](C)[C@H]1CCCN(C(=O)OCc2ccccc2)C1. The van der Waals surface area contributed by atoms with Gasteiger partial charge in [-0.1, -0.05) is 55.5 Å². The highest BCUT2D eigenvalue weighted by molar-refractivity contribution is 5.93. The number of carbonyl (C=O) groups excluding carboxylic acids is 2. The van der Waals surface area contributed by atoms with Gasteiger partial charge in [0.25, 0.3) is 0 Å². The smallest absolute Gasteiger partial charge is 0.410 e. The number of anilines is 1. The van der Waals surface area contributed by atoms with E-state index in [4.69, 9.17) is 4.74 Å². The molecule has 29 heavy (non-hydrogen) atoms. The lowest BCUT2D eigenvalue weighted by atomic mass is 9.90. The fourth-order valence-corrected chi connectivity index (χ4v) is 3.96. The molecule has 1 saturated heterocycles. The molecule has 2 atom stereocenters. The molecule has 2 aromatic rings. The number of rotatable bonds is 6. The minimum absolute atomic E-state index is 0.00886. The van der Waals surface area contributed by atoms with Crippen LogP contribution in [-0.2, 0) is 16.1 Å². The van der Waals surface area contributed by atoms with E-state index >= 15 is 0 Å². The molecule has 0 bridgehead atoms. The number of nitrogens with zero attached hydrogens (tertiary/aromatic N) is 2. The lowest BCUT2D eigenvalue weighted by Crippen LogP contribution is -2.50. The van der Waals surface area contributed by atoms with Gasteiger partial charge in [0, 0.05) is 31.2 Å². The van der Waals surface area contributed by atoms with Gasteiger partial charge in [0.05, 0.1) is 0 Å². The van der Waals surface area contributed by atoms with E-state index in [9.17, 15) is 9.59 Å². The molecule has 1 fully saturated rings. The van der Waals surface area contributed by atoms with Crippen LogP contribution in [0, 0.1) is 5.92 Å². The third-order valence-corrected chi connectivity index (χ3v) is 5.62. The molecule has 0 spiro atoms. The van der Waals surface area contributed by atoms with Crippen LogP contribution in [0.25, 0.3) is 0 Å². The van der Waals surface area contributed by atoms with Crippen molar-refractivity contribution < 1.29 is 14.3 Å². The Balaban J connectivity index is 1.65. The second-order valence-corrected chi connectivity index (χ2v) is 7.58. The zero-order valence-electron chi connectivity index (χ0n) is 17.3. The summed E-state index contributed by atoms with van der Waals surface area (Å²) in [6.45, 7) is 5.56. The Labute approximate surface area is 173 Å². The van der Waals surface area contributed by atoms with Gasteiger partial charge in [0.15, 0.2) is 0 Å². The molecule has 5 heteroatoms. The van der Waals surface area contributed by atoms with Crippen LogP contribution in [0.3, 0.4) is 0 Å². The summed E-state index contributed by atoms with van der Waals surface area (Å²) >= 11 is 0. The van der Waals surface area contributed by atoms with Crippen molar-refractivity contribution in [1.29, 1.82) is 0 Å². The molecule has 0 radical (unpaired) electrons. The number of likely N-dealkylation sites (tertiary alicyclic amines) is 1. The highest BCUT2D eigenvalue weighted by atomic mass is 16.6. The zero-order valence-corrected chi connectivity index (χ0v) is 17.3. The molecule has 0 unspecified atom stereocenters. The average molecular weight is 395 g/mol. The van der Waals surface area contributed by atoms with Crippen LogP contribution >= 0.6 is 0 Å². The molecular weight excluding hydrogens is 364 g/mol. The summed E-state index contributed by atoms with van der Waals surface area (Å²) in [7, 11) is 0. The third-order valence-electron chi connectivity index (χ3n) is 5.62. The summed E-state index contributed by atoms with van der Waals surface area (Å²) in [6, 6.07) is 19.5. The van der Waals surface area contributed by atoms with Crippen LogP contribution in [0.1, 0.15) is 38.7 Å². The fraction of sp³-hybridized carbons (Fsp3) is 0.417. The molecule has 1 aliphatic heterocycles. The Hall–Kier alpha value is -2.82. The minimum Gasteiger partial charge on any atom is -0.445 e. The van der Waals surface area contributed by atoms with Crippen molar-refractivity contribution in [1.82, 2.24) is 4.90 Å². The van der Waals surface area contributed by atoms with Crippen molar-refractivity contribution >= 4 is 17.7 Å². The Morgan fingerprint density at radius 3 is 2.41 bits per heavy atom. The summed E-state index contributed by atoms with van der Waals surface area (Å²) in [5, 5.41) is 0. The van der Waals surface area contributed by atoms with E-state index in [2.05, 4.69) is 6.92 Å². The monoisotopic (exact) mass is 394 g/mol. The van der Waals surface area contributed by atoms with Gasteiger partial charge < -0.3 is 14.5 Å². The van der Waals surface area contributed by atoms with E-state index in [0.717, 1.165) is 24.1 Å². The van der Waals surface area contributed by atoms with Crippen LogP contribution in [0.4, 0.5) is 10.5 Å². The first-order valence-electron chi connectivity index (χ1n) is 10.4. The Morgan fingerprint density at radius 2 is 1.76 bits per heavy atom. The van der Waals surface area contributed by atoms with Gasteiger partial charge in [0.1, 0.15) is 6.61 Å². The van der Waals surface area contributed by atoms with E-state index in [1.807, 2.05) is 72.5 Å². The number of hydrogen-bond donors (Lipinski definition) is 0. The van der Waals surface area contributed by atoms with Crippen molar-refractivity contribution in [2.45, 2.75) is 45.8 Å². The van der Waals surface area contributed by atoms with Crippen LogP contribution in [0.15, 0.2) is 60.7 Å². The fourth-order valence-electron chi connectivity index (χ4n) is 3.96. The van der Waals surface area contributed by atoms with Crippen molar-refractivity contribution in [2.24, 2.45) is 5.92 Å². The molecule has 0 aliphatic carbocycles. The molecule has 0 aromatic heterocycles. The van der Waals surface area contributed by atoms with Crippen molar-refractivity contribution in [3.63, 3.8) is 0 Å². The first-order valence-corrected chi connectivity index (χ1v) is 10.4. The molecule has 2 aromatic carbocycles. The van der Waals surface area contributed by atoms with Gasteiger partial charge in [0.2, 0.25) is 5.91 Å². The van der Waals surface area contributed by atoms with Gasteiger partial charge in [-0.2, -0.15) is 0 Å². The molecule has 1 aliphatic rings. The highest BCUT2D eigenvalue weighted by Gasteiger charge is 2.33. The summed E-state index contributed by atoms with van der Waals surface area (Å²) in [5.41, 5.74) is 1.89. The number of amides is 2. The number of ether oxygens (including phenoxy) is 1. The number of benzene rings is 2. The number of piperidine rings is 1. The second-order valence-electron chi connectivity index (χ2n) is 7.58. The van der Waals surface area contributed by atoms with E-state index in [0.29, 0.717) is 19.5 Å². The van der Waals surface area contributed by atoms with E-state index < -0.39 is 0 Å². The Kier molecular flexibility index (Phi) is 7.28. The van der Waals surface area contributed by atoms with Crippen LogP contribution in [0.5, 0.6) is 0 Å². The standard InChI is InChI=1S/C24H30N2O3/c1-3-23(27)26(22-14-8-5-9-15-22)19(2)21-13-10-16-25(17-21)24(28)29-18-20-11-6-4-7-12-20/h4-9,11-12,14-15,19,21H,3,10,13,16-18H2,1-2H3/t19-,21-/m0/s1. The normalized spacial score (nSPS) is 17.4. The van der Waals surface area contributed by atoms with Gasteiger partial charge >= 0.3 is 6.09 Å². The molecule has 5 nitrogen and oxygen atoms in total. The molecule has 0 saturated carbocycles. The molecule has 0 N–H and O–H groups in total. The summed E-state index contributed by atoms with van der Waals surface area (Å²) in [6.07, 6.45) is 2.08. The first-order chi connectivity index (χ1) is 14.1. The van der Waals surface area contributed by atoms with Crippen molar-refractivity contribution in [3.8, 4) is 0 Å². The quantitative estimate of drug-likeness (QED) is 0.702. The first kappa shape index (κ1) is 20.9. The summed E-state index contributed by atoms with van der Waals surface area (Å²) < 4.78 is 5.52. The van der Waals surface area contributed by atoms with Gasteiger partial charge in [-0.3, -0.25) is 4.79 Å². The third kappa shape index (κ3) is 5.37. The van der Waals surface area contributed by atoms with E-state index in [1.165, 1.54) is 0 Å². The topological polar surface area (TPSA) is 49.9 Å². The van der Waals surface area contributed by atoms with Gasteiger partial charge in [-0.15, -0.1) is 0 Å². The second kappa shape index (κ2) is 10.1. The maximum absolute atomic E-state index is 12.7. The van der Waals surface area contributed by atoms with E-state index in [1.54, 1.807) is 4.90 Å². The number of carbonyl (C=O) groups is 2. The predicted octanol–water partition coefficient (Wildman–Crippen LogP) is 4.87. The van der Waals surface area contributed by atoms with Crippen LogP contribution < -0.4 is 4.90 Å². The average Bonchev–Trinajstić information content (AvgIpc) is 2.79. The molecule has 154 valence electrons. The molecule has 3 rings (SSSR count). The van der Waals surface area contributed by atoms with E-state index in [-0.39, 0.29) is 30.6 Å². The predicted molar refractivity (Wildman–Crippen MR) is 115 cm³/mol. The largest absolute Gasteiger partial charge is 0.445 e. The van der Waals surface area contributed by atoms with Crippen molar-refractivity contribution in [2.75, 3.05) is 18.0 Å². The molecular formula is C24H30N2O3. The summed E-state index contributed by atoms with van der Waals surface area (Å²) in [5.74, 6) is 0.316. The maximum Gasteiger partial charge on any atom is 0.410 e. The highest BCUT2D eigenvalue weighted by Crippen LogP contribution is 2.28. The number of hydrogen-bond acceptors (Lipinski definition) is 3. The van der Waals surface area contributed by atoms with Gasteiger partial charge in [-0.25, -0.2) is 4.79 Å². The maximum atomic E-state index is 12.7. The Bertz CT molecular complexity index is 794.